The van der Waals surface area contributed by atoms with E-state index < -0.39 is 5.95 Å². The number of halogens is 1. The molecule has 0 spiro atoms. The van der Waals surface area contributed by atoms with E-state index in [9.17, 15) is 4.39 Å². The molecule has 0 fully saturated rings. The molecular formula is C14H13FN4O. The Morgan fingerprint density at radius 3 is 2.95 bits per heavy atom. The molecule has 102 valence electrons. The van der Waals surface area contributed by atoms with Gasteiger partial charge >= 0.3 is 0 Å². The number of nitrogens with one attached hydrogen (secondary N) is 2. The molecule has 0 atom stereocenters. The van der Waals surface area contributed by atoms with Crippen LogP contribution in [0.15, 0.2) is 40.9 Å². The van der Waals surface area contributed by atoms with Crippen LogP contribution in [-0.2, 0) is 6.54 Å². The summed E-state index contributed by atoms with van der Waals surface area (Å²) >= 11 is 0. The Morgan fingerprint density at radius 1 is 1.30 bits per heavy atom. The zero-order valence-corrected chi connectivity index (χ0v) is 10.9. The van der Waals surface area contributed by atoms with Crippen LogP contribution in [0.2, 0.25) is 0 Å². The predicted octanol–water partition coefficient (Wildman–Crippen LogP) is 3.12. The molecule has 0 aliphatic rings. The third kappa shape index (κ3) is 2.54. The van der Waals surface area contributed by atoms with Crippen LogP contribution in [0.5, 0.6) is 0 Å². The van der Waals surface area contributed by atoms with Gasteiger partial charge in [0, 0.05) is 12.1 Å². The summed E-state index contributed by atoms with van der Waals surface area (Å²) in [5, 5.41) is 9.97. The normalized spacial score (nSPS) is 10.7. The third-order valence-corrected chi connectivity index (χ3v) is 2.88. The number of nitrogens with zero attached hydrogens (tertiary/aromatic N) is 2. The minimum Gasteiger partial charge on any atom is -0.460 e. The van der Waals surface area contributed by atoms with Crippen molar-refractivity contribution in [3.63, 3.8) is 0 Å². The number of hydrogen-bond acceptors (Lipinski definition) is 4. The first-order valence-electron chi connectivity index (χ1n) is 6.18. The molecule has 0 radical (unpaired) electrons. The minimum absolute atomic E-state index is 0.474. The van der Waals surface area contributed by atoms with E-state index in [0.717, 1.165) is 22.8 Å². The van der Waals surface area contributed by atoms with Crippen LogP contribution < -0.4 is 5.32 Å². The van der Waals surface area contributed by atoms with Crippen LogP contribution in [0.1, 0.15) is 11.3 Å². The zero-order chi connectivity index (χ0) is 13.9. The number of hydrogen-bond donors (Lipinski definition) is 2. The fraction of sp³-hybridized carbons (Fsp3) is 0.143. The highest BCUT2D eigenvalue weighted by Crippen LogP contribution is 2.23. The predicted molar refractivity (Wildman–Crippen MR) is 72.5 cm³/mol. The maximum absolute atomic E-state index is 13.0. The third-order valence-electron chi connectivity index (χ3n) is 2.88. The van der Waals surface area contributed by atoms with Gasteiger partial charge in [-0.15, -0.1) is 0 Å². The lowest BCUT2D eigenvalue weighted by atomic mass is 10.2. The molecule has 0 amide bonds. The topological polar surface area (TPSA) is 66.7 Å². The number of pyridine rings is 1. The Bertz CT molecular complexity index is 719. The molecule has 20 heavy (non-hydrogen) atoms. The van der Waals surface area contributed by atoms with Gasteiger partial charge in [0.05, 0.1) is 6.20 Å². The molecule has 3 aromatic rings. The van der Waals surface area contributed by atoms with Crippen LogP contribution in [0.4, 0.5) is 10.2 Å². The Morgan fingerprint density at radius 2 is 2.20 bits per heavy atom. The van der Waals surface area contributed by atoms with Crippen LogP contribution in [-0.4, -0.2) is 15.2 Å². The molecule has 5 nitrogen and oxygen atoms in total. The standard InChI is InChI=1S/C14H13FN4O/c1-9-5-6-11(20-9)14-10(8-17-19-14)7-16-13-4-2-3-12(15)18-13/h2-6,8H,7H2,1H3,(H,16,18)(H,17,19). The van der Waals surface area contributed by atoms with Crippen molar-refractivity contribution < 1.29 is 8.81 Å². The highest BCUT2D eigenvalue weighted by Gasteiger charge is 2.11. The van der Waals surface area contributed by atoms with Gasteiger partial charge in [-0.1, -0.05) is 6.07 Å². The maximum Gasteiger partial charge on any atom is 0.214 e. The molecule has 0 saturated heterocycles. The number of furan rings is 1. The Balaban J connectivity index is 1.77. The molecule has 0 bridgehead atoms. The highest BCUT2D eigenvalue weighted by atomic mass is 19.1. The van der Waals surface area contributed by atoms with Gasteiger partial charge in [-0.3, -0.25) is 5.10 Å². The first-order chi connectivity index (χ1) is 9.72. The molecule has 0 aliphatic carbocycles. The average molecular weight is 272 g/mol. The van der Waals surface area contributed by atoms with Gasteiger partial charge in [-0.2, -0.15) is 9.49 Å². The fourth-order valence-corrected chi connectivity index (χ4v) is 1.92. The Kier molecular flexibility index (Phi) is 3.20. The second-order valence-corrected chi connectivity index (χ2v) is 4.38. The molecule has 0 aliphatic heterocycles. The first-order valence-corrected chi connectivity index (χ1v) is 6.18. The van der Waals surface area contributed by atoms with E-state index in [0.29, 0.717) is 12.4 Å². The molecule has 3 heterocycles. The van der Waals surface area contributed by atoms with Gasteiger partial charge in [0.25, 0.3) is 0 Å². The molecular weight excluding hydrogens is 259 g/mol. The second kappa shape index (κ2) is 5.16. The number of aromatic nitrogens is 3. The van der Waals surface area contributed by atoms with Crippen LogP contribution in [0, 0.1) is 12.9 Å². The lowest BCUT2D eigenvalue weighted by Crippen LogP contribution is -2.02. The Hall–Kier alpha value is -2.63. The zero-order valence-electron chi connectivity index (χ0n) is 10.9. The number of aromatic amines is 1. The molecule has 0 saturated carbocycles. The van der Waals surface area contributed by atoms with E-state index in [1.807, 2.05) is 19.1 Å². The summed E-state index contributed by atoms with van der Waals surface area (Å²) in [6.45, 7) is 2.36. The van der Waals surface area contributed by atoms with Crippen molar-refractivity contribution in [1.82, 2.24) is 15.2 Å². The van der Waals surface area contributed by atoms with Crippen molar-refractivity contribution in [2.24, 2.45) is 0 Å². The van der Waals surface area contributed by atoms with Gasteiger partial charge in [0.15, 0.2) is 5.76 Å². The van der Waals surface area contributed by atoms with Crippen molar-refractivity contribution >= 4 is 5.82 Å². The lowest BCUT2D eigenvalue weighted by Gasteiger charge is -2.05. The summed E-state index contributed by atoms with van der Waals surface area (Å²) in [4.78, 5) is 3.75. The van der Waals surface area contributed by atoms with E-state index in [4.69, 9.17) is 4.42 Å². The molecule has 0 unspecified atom stereocenters. The fourth-order valence-electron chi connectivity index (χ4n) is 1.92. The summed E-state index contributed by atoms with van der Waals surface area (Å²) in [5.74, 6) is 1.53. The van der Waals surface area contributed by atoms with Gasteiger partial charge in [-0.25, -0.2) is 4.98 Å². The van der Waals surface area contributed by atoms with Crippen LogP contribution >= 0.6 is 0 Å². The van der Waals surface area contributed by atoms with E-state index in [1.54, 1.807) is 18.3 Å². The van der Waals surface area contributed by atoms with Crippen molar-refractivity contribution in [2.45, 2.75) is 13.5 Å². The van der Waals surface area contributed by atoms with Gasteiger partial charge < -0.3 is 9.73 Å². The summed E-state index contributed by atoms with van der Waals surface area (Å²) in [5.41, 5.74) is 1.73. The highest BCUT2D eigenvalue weighted by molar-refractivity contribution is 5.57. The molecule has 0 aromatic carbocycles. The smallest absolute Gasteiger partial charge is 0.214 e. The van der Waals surface area contributed by atoms with Gasteiger partial charge in [-0.05, 0) is 31.2 Å². The van der Waals surface area contributed by atoms with E-state index in [-0.39, 0.29) is 0 Å². The molecule has 6 heteroatoms. The summed E-state index contributed by atoms with van der Waals surface area (Å²) < 4.78 is 18.6. The number of H-pyrrole nitrogens is 1. The average Bonchev–Trinajstić information content (AvgIpc) is 3.04. The largest absolute Gasteiger partial charge is 0.460 e. The summed E-state index contributed by atoms with van der Waals surface area (Å²) in [6.07, 6.45) is 1.71. The second-order valence-electron chi connectivity index (χ2n) is 4.38. The minimum atomic E-state index is -0.510. The maximum atomic E-state index is 13.0. The monoisotopic (exact) mass is 272 g/mol. The first kappa shape index (κ1) is 12.4. The van der Waals surface area contributed by atoms with Crippen LogP contribution in [0.3, 0.4) is 0 Å². The SMILES string of the molecule is Cc1ccc(-c2[nH]ncc2CNc2cccc(F)n2)o1. The van der Waals surface area contributed by atoms with Crippen LogP contribution in [0.25, 0.3) is 11.5 Å². The quantitative estimate of drug-likeness (QED) is 0.716. The number of anilines is 1. The lowest BCUT2D eigenvalue weighted by molar-refractivity contribution is 0.545. The Labute approximate surface area is 114 Å². The van der Waals surface area contributed by atoms with Gasteiger partial charge in [0.1, 0.15) is 17.3 Å². The number of rotatable bonds is 4. The van der Waals surface area contributed by atoms with Crippen molar-refractivity contribution in [1.29, 1.82) is 0 Å². The summed E-state index contributed by atoms with van der Waals surface area (Å²) in [7, 11) is 0. The van der Waals surface area contributed by atoms with E-state index >= 15 is 0 Å². The molecule has 3 aromatic heterocycles. The number of aryl methyl sites for hydroxylation is 1. The summed E-state index contributed by atoms with van der Waals surface area (Å²) in [6, 6.07) is 8.39. The van der Waals surface area contributed by atoms with Gasteiger partial charge in [0.2, 0.25) is 5.95 Å². The molecule has 2 N–H and O–H groups in total. The van der Waals surface area contributed by atoms with Crippen molar-refractivity contribution in [2.75, 3.05) is 5.32 Å². The van der Waals surface area contributed by atoms with Crippen molar-refractivity contribution in [3.8, 4) is 11.5 Å². The van der Waals surface area contributed by atoms with E-state index in [2.05, 4.69) is 20.5 Å². The van der Waals surface area contributed by atoms with E-state index in [1.165, 1.54) is 6.07 Å². The van der Waals surface area contributed by atoms with Crippen molar-refractivity contribution in [3.05, 3.63) is 53.8 Å². The molecule has 3 rings (SSSR count).